The highest BCUT2D eigenvalue weighted by molar-refractivity contribution is 5.93. The first-order chi connectivity index (χ1) is 11.8. The maximum Gasteiger partial charge on any atom is 0.228 e. The molecule has 0 aliphatic carbocycles. The van der Waals surface area contributed by atoms with Crippen molar-refractivity contribution in [3.8, 4) is 11.4 Å². The molecule has 5 heteroatoms. The zero-order valence-corrected chi connectivity index (χ0v) is 13.9. The maximum absolute atomic E-state index is 12.3. The quantitative estimate of drug-likeness (QED) is 0.913. The number of amides is 1. The lowest BCUT2D eigenvalue weighted by Crippen LogP contribution is -2.37. The summed E-state index contributed by atoms with van der Waals surface area (Å²) in [6, 6.07) is 8.07. The molecule has 5 nitrogen and oxygen atoms in total. The van der Waals surface area contributed by atoms with Gasteiger partial charge in [-0.3, -0.25) is 4.79 Å². The van der Waals surface area contributed by atoms with E-state index in [1.807, 2.05) is 18.3 Å². The Labute approximate surface area is 142 Å². The lowest BCUT2D eigenvalue weighted by Gasteiger charge is -2.22. The molecule has 2 aliphatic rings. The third-order valence-corrected chi connectivity index (χ3v) is 5.08. The molecule has 2 N–H and O–H groups in total. The van der Waals surface area contributed by atoms with Crippen molar-refractivity contribution in [1.82, 2.24) is 14.9 Å². The molecule has 1 unspecified atom stereocenters. The van der Waals surface area contributed by atoms with Crippen molar-refractivity contribution in [2.24, 2.45) is 5.92 Å². The Morgan fingerprint density at radius 3 is 2.88 bits per heavy atom. The summed E-state index contributed by atoms with van der Waals surface area (Å²) in [6.45, 7) is 2.86. The number of nitrogens with one attached hydrogen (secondary N) is 2. The highest BCUT2D eigenvalue weighted by Gasteiger charge is 2.21. The molecule has 0 radical (unpaired) electrons. The summed E-state index contributed by atoms with van der Waals surface area (Å²) in [5, 5.41) is 6.33. The minimum atomic E-state index is 0.0812. The SMILES string of the molecule is O=C(Nc1ccc(-c2ncc3n2CCCC3)cc1)C1CCCNC1. The monoisotopic (exact) mass is 324 g/mol. The van der Waals surface area contributed by atoms with Gasteiger partial charge in [0.25, 0.3) is 0 Å². The molecule has 2 aliphatic heterocycles. The standard InChI is InChI=1S/C19H24N4O/c24-19(15-4-3-10-20-12-15)22-16-8-6-14(7-9-16)18-21-13-17-5-1-2-11-23(17)18/h6-9,13,15,20H,1-5,10-12H2,(H,22,24). The summed E-state index contributed by atoms with van der Waals surface area (Å²) >= 11 is 0. The van der Waals surface area contributed by atoms with E-state index in [2.05, 4.69) is 32.3 Å². The largest absolute Gasteiger partial charge is 0.328 e. The number of hydrogen-bond acceptors (Lipinski definition) is 3. The lowest BCUT2D eigenvalue weighted by atomic mass is 9.99. The van der Waals surface area contributed by atoms with Gasteiger partial charge in [-0.15, -0.1) is 0 Å². The third kappa shape index (κ3) is 3.08. The lowest BCUT2D eigenvalue weighted by molar-refractivity contribution is -0.120. The molecule has 3 heterocycles. The zero-order valence-electron chi connectivity index (χ0n) is 13.9. The van der Waals surface area contributed by atoms with Gasteiger partial charge >= 0.3 is 0 Å². The first-order valence-corrected chi connectivity index (χ1v) is 8.98. The van der Waals surface area contributed by atoms with Gasteiger partial charge in [0.15, 0.2) is 0 Å². The summed E-state index contributed by atoms with van der Waals surface area (Å²) in [4.78, 5) is 16.9. The van der Waals surface area contributed by atoms with Gasteiger partial charge in [-0.2, -0.15) is 0 Å². The number of benzene rings is 1. The number of fused-ring (bicyclic) bond motifs is 1. The Kier molecular flexibility index (Phi) is 4.34. The molecule has 1 aromatic carbocycles. The van der Waals surface area contributed by atoms with E-state index in [1.54, 1.807) is 0 Å². The molecule has 1 saturated heterocycles. The molecular weight excluding hydrogens is 300 g/mol. The number of carbonyl (C=O) groups is 1. The Morgan fingerprint density at radius 2 is 2.08 bits per heavy atom. The molecule has 1 atom stereocenters. The zero-order chi connectivity index (χ0) is 16.4. The van der Waals surface area contributed by atoms with Gasteiger partial charge in [0.05, 0.1) is 5.92 Å². The van der Waals surface area contributed by atoms with Crippen LogP contribution < -0.4 is 10.6 Å². The van der Waals surface area contributed by atoms with Crippen LogP contribution in [0.1, 0.15) is 31.4 Å². The van der Waals surface area contributed by atoms with Crippen LogP contribution in [0.25, 0.3) is 11.4 Å². The minimum Gasteiger partial charge on any atom is -0.328 e. The van der Waals surface area contributed by atoms with Gasteiger partial charge in [0.2, 0.25) is 5.91 Å². The number of aryl methyl sites for hydroxylation is 1. The average molecular weight is 324 g/mol. The number of piperidine rings is 1. The molecule has 24 heavy (non-hydrogen) atoms. The van der Waals surface area contributed by atoms with Crippen molar-refractivity contribution in [3.05, 3.63) is 36.2 Å². The number of aromatic nitrogens is 2. The van der Waals surface area contributed by atoms with Gasteiger partial charge in [0, 0.05) is 36.2 Å². The molecular formula is C19H24N4O. The van der Waals surface area contributed by atoms with E-state index in [0.29, 0.717) is 0 Å². The van der Waals surface area contributed by atoms with Crippen molar-refractivity contribution in [2.75, 3.05) is 18.4 Å². The number of nitrogens with zero attached hydrogens (tertiary/aromatic N) is 2. The Hall–Kier alpha value is -2.14. The molecule has 1 fully saturated rings. The van der Waals surface area contributed by atoms with Crippen LogP contribution in [-0.2, 0) is 17.8 Å². The van der Waals surface area contributed by atoms with E-state index in [9.17, 15) is 4.79 Å². The maximum atomic E-state index is 12.3. The van der Waals surface area contributed by atoms with E-state index in [1.165, 1.54) is 18.5 Å². The first-order valence-electron chi connectivity index (χ1n) is 8.98. The minimum absolute atomic E-state index is 0.0812. The second kappa shape index (κ2) is 6.77. The van der Waals surface area contributed by atoms with Crippen LogP contribution in [0.3, 0.4) is 0 Å². The number of rotatable bonds is 3. The van der Waals surface area contributed by atoms with Gasteiger partial charge in [-0.25, -0.2) is 4.98 Å². The number of imidazole rings is 1. The summed E-state index contributed by atoms with van der Waals surface area (Å²) in [5.74, 6) is 1.24. The number of anilines is 1. The molecule has 0 spiro atoms. The Bertz CT molecular complexity index is 713. The molecule has 0 bridgehead atoms. The predicted octanol–water partition coefficient (Wildman–Crippen LogP) is 2.82. The molecule has 0 saturated carbocycles. The smallest absolute Gasteiger partial charge is 0.228 e. The second-order valence-corrected chi connectivity index (χ2v) is 6.79. The highest BCUT2D eigenvalue weighted by Crippen LogP contribution is 2.25. The fourth-order valence-electron chi connectivity index (χ4n) is 3.69. The highest BCUT2D eigenvalue weighted by atomic mass is 16.1. The van der Waals surface area contributed by atoms with Crippen molar-refractivity contribution < 1.29 is 4.79 Å². The van der Waals surface area contributed by atoms with Crippen molar-refractivity contribution in [3.63, 3.8) is 0 Å². The van der Waals surface area contributed by atoms with Crippen LogP contribution in [0, 0.1) is 5.92 Å². The van der Waals surface area contributed by atoms with Crippen LogP contribution >= 0.6 is 0 Å². The molecule has 2 aromatic rings. The summed E-state index contributed by atoms with van der Waals surface area (Å²) < 4.78 is 2.32. The summed E-state index contributed by atoms with van der Waals surface area (Å²) in [7, 11) is 0. The predicted molar refractivity (Wildman–Crippen MR) is 94.8 cm³/mol. The average Bonchev–Trinajstić information content (AvgIpc) is 3.07. The first kappa shape index (κ1) is 15.4. The molecule has 1 aromatic heterocycles. The molecule has 4 rings (SSSR count). The molecule has 126 valence electrons. The Balaban J connectivity index is 1.46. The fourth-order valence-corrected chi connectivity index (χ4v) is 3.69. The van der Waals surface area contributed by atoms with Gasteiger partial charge in [-0.05, 0) is 62.9 Å². The van der Waals surface area contributed by atoms with Gasteiger partial charge in [-0.1, -0.05) is 0 Å². The van der Waals surface area contributed by atoms with E-state index in [-0.39, 0.29) is 11.8 Å². The third-order valence-electron chi connectivity index (χ3n) is 5.08. The van der Waals surface area contributed by atoms with Crippen LogP contribution in [0.2, 0.25) is 0 Å². The van der Waals surface area contributed by atoms with Crippen molar-refractivity contribution in [1.29, 1.82) is 0 Å². The van der Waals surface area contributed by atoms with Crippen LogP contribution in [0.5, 0.6) is 0 Å². The topological polar surface area (TPSA) is 59.0 Å². The van der Waals surface area contributed by atoms with E-state index in [4.69, 9.17) is 0 Å². The normalized spacial score (nSPS) is 20.4. The van der Waals surface area contributed by atoms with Crippen LogP contribution in [-0.4, -0.2) is 28.5 Å². The van der Waals surface area contributed by atoms with Crippen LogP contribution in [0.15, 0.2) is 30.5 Å². The Morgan fingerprint density at radius 1 is 1.21 bits per heavy atom. The van der Waals surface area contributed by atoms with E-state index >= 15 is 0 Å². The van der Waals surface area contributed by atoms with E-state index in [0.717, 1.165) is 56.0 Å². The second-order valence-electron chi connectivity index (χ2n) is 6.79. The fraction of sp³-hybridized carbons (Fsp3) is 0.474. The number of carbonyl (C=O) groups excluding carboxylic acids is 1. The van der Waals surface area contributed by atoms with Crippen molar-refractivity contribution >= 4 is 11.6 Å². The number of hydrogen-bond donors (Lipinski definition) is 2. The van der Waals surface area contributed by atoms with Gasteiger partial charge < -0.3 is 15.2 Å². The summed E-state index contributed by atoms with van der Waals surface area (Å²) in [5.41, 5.74) is 3.30. The van der Waals surface area contributed by atoms with E-state index < -0.39 is 0 Å². The van der Waals surface area contributed by atoms with Crippen LogP contribution in [0.4, 0.5) is 5.69 Å². The molecule has 1 amide bonds. The van der Waals surface area contributed by atoms with Gasteiger partial charge in [0.1, 0.15) is 5.82 Å². The van der Waals surface area contributed by atoms with Crippen molar-refractivity contribution in [2.45, 2.75) is 38.6 Å². The summed E-state index contributed by atoms with van der Waals surface area (Å²) in [6.07, 6.45) is 7.64.